The van der Waals surface area contributed by atoms with Crippen molar-refractivity contribution in [1.82, 2.24) is 0 Å². The minimum atomic E-state index is 0. The highest BCUT2D eigenvalue weighted by Gasteiger charge is 2.23. The summed E-state index contributed by atoms with van der Waals surface area (Å²) in [7, 11) is 0. The molecule has 1 aromatic carbocycles. The number of hydrogen-bond acceptors (Lipinski definition) is 0. The molecule has 0 aromatic heterocycles. The first-order valence-electron chi connectivity index (χ1n) is 10.2. The molecule has 0 saturated carbocycles. The van der Waals surface area contributed by atoms with Gasteiger partial charge in [-0.2, -0.15) is 0 Å². The summed E-state index contributed by atoms with van der Waals surface area (Å²) in [6.45, 7) is 12.6. The average Bonchev–Trinajstić information content (AvgIpc) is 2.59. The maximum Gasteiger partial charge on any atom is 0.0786 e. The minimum Gasteiger partial charge on any atom is -1.00 e. The zero-order valence-electron chi connectivity index (χ0n) is 16.4. The van der Waals surface area contributed by atoms with Gasteiger partial charge in [-0.3, -0.25) is 0 Å². The highest BCUT2D eigenvalue weighted by Crippen LogP contribution is 2.16. The van der Waals surface area contributed by atoms with E-state index >= 15 is 0 Å². The lowest BCUT2D eigenvalue weighted by atomic mass is 10.1. The molecule has 0 amide bonds. The van der Waals surface area contributed by atoms with Crippen LogP contribution in [0.5, 0.6) is 0 Å². The number of rotatable bonds is 14. The van der Waals surface area contributed by atoms with Crippen LogP contribution < -0.4 is 17.0 Å². The maximum atomic E-state index is 2.41. The molecule has 24 heavy (non-hydrogen) atoms. The van der Waals surface area contributed by atoms with E-state index in [0.29, 0.717) is 0 Å². The molecule has 140 valence electrons. The number of unbranched alkanes of at least 4 members (excludes halogenated alkanes) is 5. The molecular formula is C22H40BrN. The SMILES string of the molecule is CCCCC[N+](CC)(CCCCC)CCCCc1ccccc1.[Br-]. The normalized spacial score (nSPS) is 11.3. The molecule has 1 rings (SSSR count). The largest absolute Gasteiger partial charge is 1.00 e. The van der Waals surface area contributed by atoms with Crippen LogP contribution in [-0.4, -0.2) is 30.7 Å². The van der Waals surface area contributed by atoms with Gasteiger partial charge in [0.05, 0.1) is 26.2 Å². The van der Waals surface area contributed by atoms with E-state index < -0.39 is 0 Å². The highest BCUT2D eigenvalue weighted by atomic mass is 79.9. The van der Waals surface area contributed by atoms with Gasteiger partial charge >= 0.3 is 0 Å². The summed E-state index contributed by atoms with van der Waals surface area (Å²) in [6.07, 6.45) is 12.3. The quantitative estimate of drug-likeness (QED) is 0.333. The first kappa shape index (κ1) is 23.7. The lowest BCUT2D eigenvalue weighted by Gasteiger charge is -2.38. The first-order valence-corrected chi connectivity index (χ1v) is 10.2. The van der Waals surface area contributed by atoms with Crippen molar-refractivity contribution in [2.75, 3.05) is 26.2 Å². The molecule has 0 spiro atoms. The van der Waals surface area contributed by atoms with E-state index in [1.54, 1.807) is 0 Å². The standard InChI is InChI=1S/C22H40N.BrH/c1-4-7-13-19-23(6-3,20-14-8-5-2)21-15-12-18-22-16-10-9-11-17-22;/h9-11,16-17H,4-8,12-15,18-21H2,1-3H3;1H/q+1;/p-1. The van der Waals surface area contributed by atoms with Crippen molar-refractivity contribution < 1.29 is 21.5 Å². The van der Waals surface area contributed by atoms with E-state index in [0.717, 1.165) is 0 Å². The number of benzene rings is 1. The Bertz CT molecular complexity index is 367. The molecule has 0 aliphatic carbocycles. The van der Waals surface area contributed by atoms with Crippen LogP contribution in [0.4, 0.5) is 0 Å². The third-order valence-electron chi connectivity index (χ3n) is 5.33. The molecule has 1 aromatic rings. The van der Waals surface area contributed by atoms with E-state index in [2.05, 4.69) is 51.1 Å². The van der Waals surface area contributed by atoms with Gasteiger partial charge in [0, 0.05) is 0 Å². The van der Waals surface area contributed by atoms with Gasteiger partial charge in [-0.15, -0.1) is 0 Å². The molecule has 0 saturated heterocycles. The van der Waals surface area contributed by atoms with Gasteiger partial charge in [0.25, 0.3) is 0 Å². The molecule has 0 atom stereocenters. The van der Waals surface area contributed by atoms with Crippen molar-refractivity contribution in [1.29, 1.82) is 0 Å². The van der Waals surface area contributed by atoms with Crippen molar-refractivity contribution in [2.45, 2.75) is 78.6 Å². The number of aryl methyl sites for hydroxylation is 1. The van der Waals surface area contributed by atoms with Crippen molar-refractivity contribution in [3.8, 4) is 0 Å². The predicted molar refractivity (Wildman–Crippen MR) is 104 cm³/mol. The molecular weight excluding hydrogens is 358 g/mol. The molecule has 0 N–H and O–H groups in total. The summed E-state index contributed by atoms with van der Waals surface area (Å²) in [5, 5.41) is 0. The van der Waals surface area contributed by atoms with Crippen LogP contribution in [0.15, 0.2) is 30.3 Å². The van der Waals surface area contributed by atoms with Gasteiger partial charge in [-0.05, 0) is 57.4 Å². The molecule has 0 heterocycles. The number of nitrogens with zero attached hydrogens (tertiary/aromatic N) is 1. The summed E-state index contributed by atoms with van der Waals surface area (Å²) < 4.78 is 1.37. The van der Waals surface area contributed by atoms with Crippen LogP contribution in [0.1, 0.15) is 77.7 Å². The fourth-order valence-electron chi connectivity index (χ4n) is 3.63. The summed E-state index contributed by atoms with van der Waals surface area (Å²) in [5.74, 6) is 0. The van der Waals surface area contributed by atoms with Gasteiger partial charge in [0.2, 0.25) is 0 Å². The topological polar surface area (TPSA) is 0 Å². The van der Waals surface area contributed by atoms with E-state index in [1.165, 1.54) is 94.0 Å². The molecule has 0 radical (unpaired) electrons. The van der Waals surface area contributed by atoms with Crippen LogP contribution in [0.2, 0.25) is 0 Å². The van der Waals surface area contributed by atoms with E-state index in [4.69, 9.17) is 0 Å². The second-order valence-corrected chi connectivity index (χ2v) is 7.19. The smallest absolute Gasteiger partial charge is 0.0786 e. The third-order valence-corrected chi connectivity index (χ3v) is 5.33. The molecule has 0 aliphatic heterocycles. The number of quaternary nitrogens is 1. The Morgan fingerprint density at radius 2 is 1.17 bits per heavy atom. The van der Waals surface area contributed by atoms with Crippen LogP contribution in [0.3, 0.4) is 0 Å². The Labute approximate surface area is 162 Å². The fourth-order valence-corrected chi connectivity index (χ4v) is 3.63. The van der Waals surface area contributed by atoms with Crippen LogP contribution >= 0.6 is 0 Å². The van der Waals surface area contributed by atoms with Gasteiger partial charge in [-0.25, -0.2) is 0 Å². The lowest BCUT2D eigenvalue weighted by Crippen LogP contribution is -3.00. The highest BCUT2D eigenvalue weighted by molar-refractivity contribution is 5.14. The lowest BCUT2D eigenvalue weighted by molar-refractivity contribution is -0.927. The molecule has 0 fully saturated rings. The van der Waals surface area contributed by atoms with Crippen LogP contribution in [-0.2, 0) is 6.42 Å². The Morgan fingerprint density at radius 1 is 0.667 bits per heavy atom. The van der Waals surface area contributed by atoms with Gasteiger partial charge in [-0.1, -0.05) is 57.0 Å². The maximum absolute atomic E-state index is 2.41. The fraction of sp³-hybridized carbons (Fsp3) is 0.727. The Kier molecular flexibility index (Phi) is 14.7. The summed E-state index contributed by atoms with van der Waals surface area (Å²) in [5.41, 5.74) is 1.50. The Balaban J connectivity index is 0.00000529. The molecule has 0 bridgehead atoms. The first-order chi connectivity index (χ1) is 11.3. The summed E-state index contributed by atoms with van der Waals surface area (Å²) in [4.78, 5) is 0. The zero-order chi connectivity index (χ0) is 16.8. The molecule has 2 heteroatoms. The van der Waals surface area contributed by atoms with Crippen molar-refractivity contribution in [2.24, 2.45) is 0 Å². The predicted octanol–water partition coefficient (Wildman–Crippen LogP) is 3.23. The van der Waals surface area contributed by atoms with Crippen molar-refractivity contribution >= 4 is 0 Å². The van der Waals surface area contributed by atoms with Crippen LogP contribution in [0, 0.1) is 0 Å². The summed E-state index contributed by atoms with van der Waals surface area (Å²) in [6, 6.07) is 11.0. The second kappa shape index (κ2) is 15.0. The van der Waals surface area contributed by atoms with E-state index in [9.17, 15) is 0 Å². The molecule has 1 nitrogen and oxygen atoms in total. The van der Waals surface area contributed by atoms with Crippen LogP contribution in [0.25, 0.3) is 0 Å². The average molecular weight is 398 g/mol. The van der Waals surface area contributed by atoms with Crippen molar-refractivity contribution in [3.05, 3.63) is 35.9 Å². The van der Waals surface area contributed by atoms with E-state index in [-0.39, 0.29) is 17.0 Å². The van der Waals surface area contributed by atoms with Gasteiger partial charge in [0.15, 0.2) is 0 Å². The third kappa shape index (κ3) is 9.84. The van der Waals surface area contributed by atoms with Gasteiger partial charge < -0.3 is 21.5 Å². The monoisotopic (exact) mass is 397 g/mol. The molecule has 0 aliphatic rings. The Morgan fingerprint density at radius 3 is 1.62 bits per heavy atom. The van der Waals surface area contributed by atoms with E-state index in [1.807, 2.05) is 0 Å². The van der Waals surface area contributed by atoms with Crippen molar-refractivity contribution in [3.63, 3.8) is 0 Å². The second-order valence-electron chi connectivity index (χ2n) is 7.19. The number of halogens is 1. The van der Waals surface area contributed by atoms with Gasteiger partial charge in [0.1, 0.15) is 0 Å². The Hall–Kier alpha value is -0.340. The minimum absolute atomic E-state index is 0. The summed E-state index contributed by atoms with van der Waals surface area (Å²) >= 11 is 0. The number of hydrogen-bond donors (Lipinski definition) is 0. The zero-order valence-corrected chi connectivity index (χ0v) is 18.0. The molecule has 0 unspecified atom stereocenters.